The molecule has 0 aromatic carbocycles. The summed E-state index contributed by atoms with van der Waals surface area (Å²) in [5, 5.41) is 3.69. The van der Waals surface area contributed by atoms with E-state index >= 15 is 0 Å². The molecule has 1 saturated carbocycles. The van der Waals surface area contributed by atoms with E-state index in [1.165, 1.54) is 37.7 Å². The van der Waals surface area contributed by atoms with Crippen LogP contribution in [0.5, 0.6) is 0 Å². The van der Waals surface area contributed by atoms with E-state index in [1.54, 1.807) is 0 Å². The Labute approximate surface area is 111 Å². The average molecular weight is 246 g/mol. The van der Waals surface area contributed by atoms with Crippen LogP contribution in [-0.4, -0.2) is 11.5 Å². The number of hydrogen-bond acceptors (Lipinski definition) is 2. The molecule has 0 amide bonds. The third-order valence-electron chi connectivity index (χ3n) is 4.39. The van der Waals surface area contributed by atoms with E-state index in [0.717, 1.165) is 18.4 Å². The molecular weight excluding hydrogens is 220 g/mol. The van der Waals surface area contributed by atoms with Crippen LogP contribution in [-0.2, 0) is 0 Å². The molecule has 1 aromatic rings. The second-order valence-electron chi connectivity index (χ2n) is 5.44. The van der Waals surface area contributed by atoms with Gasteiger partial charge in [-0.25, -0.2) is 0 Å². The minimum absolute atomic E-state index is 0.494. The largest absolute Gasteiger partial charge is 0.310 e. The summed E-state index contributed by atoms with van der Waals surface area (Å²) in [7, 11) is 0. The third kappa shape index (κ3) is 3.11. The molecule has 2 nitrogen and oxygen atoms in total. The van der Waals surface area contributed by atoms with E-state index < -0.39 is 0 Å². The van der Waals surface area contributed by atoms with Gasteiger partial charge in [-0.15, -0.1) is 0 Å². The first kappa shape index (κ1) is 13.5. The quantitative estimate of drug-likeness (QED) is 0.851. The number of pyridine rings is 1. The first-order valence-electron chi connectivity index (χ1n) is 7.50. The predicted molar refractivity (Wildman–Crippen MR) is 76.4 cm³/mol. The van der Waals surface area contributed by atoms with Crippen LogP contribution in [0.4, 0.5) is 0 Å². The highest BCUT2D eigenvalue weighted by atomic mass is 14.9. The van der Waals surface area contributed by atoms with Gasteiger partial charge in [-0.2, -0.15) is 0 Å². The zero-order valence-electron chi connectivity index (χ0n) is 11.7. The second kappa shape index (κ2) is 6.89. The van der Waals surface area contributed by atoms with Gasteiger partial charge in [0.1, 0.15) is 0 Å². The van der Waals surface area contributed by atoms with Crippen LogP contribution < -0.4 is 5.32 Å². The molecule has 2 rings (SSSR count). The first-order chi connectivity index (χ1) is 8.86. The minimum atomic E-state index is 0.494. The van der Waals surface area contributed by atoms with Crippen molar-refractivity contribution in [3.05, 3.63) is 30.1 Å². The topological polar surface area (TPSA) is 24.9 Å². The van der Waals surface area contributed by atoms with Gasteiger partial charge >= 0.3 is 0 Å². The summed E-state index contributed by atoms with van der Waals surface area (Å²) in [5.74, 6) is 1.66. The zero-order valence-corrected chi connectivity index (χ0v) is 11.7. The molecule has 0 spiro atoms. The van der Waals surface area contributed by atoms with Gasteiger partial charge in [0.2, 0.25) is 0 Å². The highest BCUT2D eigenvalue weighted by Gasteiger charge is 2.31. The standard InChI is InChI=1S/C16H26N2/c1-3-13-8-5-6-10-15(13)16(18-4-2)14-9-7-11-17-12-14/h7,9,11-13,15-16,18H,3-6,8,10H2,1-2H3. The molecule has 3 unspecified atom stereocenters. The van der Waals surface area contributed by atoms with Crippen molar-refractivity contribution in [1.82, 2.24) is 10.3 Å². The van der Waals surface area contributed by atoms with Gasteiger partial charge in [0.15, 0.2) is 0 Å². The average Bonchev–Trinajstić information content (AvgIpc) is 2.46. The molecule has 1 aliphatic rings. The molecule has 18 heavy (non-hydrogen) atoms. The molecule has 0 aliphatic heterocycles. The molecule has 0 saturated heterocycles. The molecule has 1 N–H and O–H groups in total. The number of rotatable bonds is 5. The van der Waals surface area contributed by atoms with Crippen LogP contribution in [0.1, 0.15) is 57.6 Å². The second-order valence-corrected chi connectivity index (χ2v) is 5.44. The summed E-state index contributed by atoms with van der Waals surface area (Å²) in [4.78, 5) is 4.29. The number of aromatic nitrogens is 1. The fourth-order valence-corrected chi connectivity index (χ4v) is 3.48. The van der Waals surface area contributed by atoms with Crippen LogP contribution in [0.2, 0.25) is 0 Å². The fraction of sp³-hybridized carbons (Fsp3) is 0.688. The Bertz CT molecular complexity index is 336. The van der Waals surface area contributed by atoms with Gasteiger partial charge in [-0.3, -0.25) is 4.98 Å². The Kier molecular flexibility index (Phi) is 5.18. The summed E-state index contributed by atoms with van der Waals surface area (Å²) in [5.41, 5.74) is 1.37. The van der Waals surface area contributed by atoms with E-state index in [9.17, 15) is 0 Å². The number of nitrogens with zero attached hydrogens (tertiary/aromatic N) is 1. The van der Waals surface area contributed by atoms with Crippen LogP contribution >= 0.6 is 0 Å². The molecule has 0 radical (unpaired) electrons. The summed E-state index contributed by atoms with van der Waals surface area (Å²) >= 11 is 0. The first-order valence-corrected chi connectivity index (χ1v) is 7.50. The molecule has 0 bridgehead atoms. The van der Waals surface area contributed by atoms with Gasteiger partial charge in [-0.1, -0.05) is 45.6 Å². The molecule has 100 valence electrons. The van der Waals surface area contributed by atoms with Crippen molar-refractivity contribution in [3.8, 4) is 0 Å². The maximum atomic E-state index is 4.29. The van der Waals surface area contributed by atoms with Gasteiger partial charge in [-0.05, 0) is 36.4 Å². The van der Waals surface area contributed by atoms with Crippen molar-refractivity contribution in [2.45, 2.75) is 52.0 Å². The van der Waals surface area contributed by atoms with Gasteiger partial charge in [0, 0.05) is 18.4 Å². The monoisotopic (exact) mass is 246 g/mol. The fourth-order valence-electron chi connectivity index (χ4n) is 3.48. The Morgan fingerprint density at radius 3 is 2.83 bits per heavy atom. The summed E-state index contributed by atoms with van der Waals surface area (Å²) in [6, 6.07) is 4.78. The van der Waals surface area contributed by atoms with Gasteiger partial charge < -0.3 is 5.32 Å². The number of nitrogens with one attached hydrogen (secondary N) is 1. The van der Waals surface area contributed by atoms with Crippen LogP contribution in [0.3, 0.4) is 0 Å². The van der Waals surface area contributed by atoms with Gasteiger partial charge in [0.25, 0.3) is 0 Å². The van der Waals surface area contributed by atoms with E-state index in [-0.39, 0.29) is 0 Å². The molecule has 3 atom stereocenters. The van der Waals surface area contributed by atoms with Crippen LogP contribution in [0, 0.1) is 11.8 Å². The number of hydrogen-bond donors (Lipinski definition) is 1. The molecule has 2 heteroatoms. The van der Waals surface area contributed by atoms with Crippen LogP contribution in [0.25, 0.3) is 0 Å². The zero-order chi connectivity index (χ0) is 12.8. The van der Waals surface area contributed by atoms with Crippen molar-refractivity contribution >= 4 is 0 Å². The van der Waals surface area contributed by atoms with Crippen molar-refractivity contribution in [2.24, 2.45) is 11.8 Å². The highest BCUT2D eigenvalue weighted by Crippen LogP contribution is 2.40. The maximum Gasteiger partial charge on any atom is 0.0366 e. The van der Waals surface area contributed by atoms with Crippen LogP contribution in [0.15, 0.2) is 24.5 Å². The lowest BCUT2D eigenvalue weighted by atomic mass is 9.72. The lowest BCUT2D eigenvalue weighted by molar-refractivity contribution is 0.176. The Balaban J connectivity index is 2.18. The van der Waals surface area contributed by atoms with E-state index in [4.69, 9.17) is 0 Å². The Morgan fingerprint density at radius 1 is 1.33 bits per heavy atom. The van der Waals surface area contributed by atoms with Crippen molar-refractivity contribution in [2.75, 3.05) is 6.54 Å². The SMILES string of the molecule is CCNC(c1cccnc1)C1CCCCC1CC. The van der Waals surface area contributed by atoms with Crippen molar-refractivity contribution < 1.29 is 0 Å². The van der Waals surface area contributed by atoms with Crippen molar-refractivity contribution in [3.63, 3.8) is 0 Å². The summed E-state index contributed by atoms with van der Waals surface area (Å²) in [6.45, 7) is 5.58. The molecule has 1 aromatic heterocycles. The lowest BCUT2D eigenvalue weighted by Gasteiger charge is -2.37. The Hall–Kier alpha value is -0.890. The summed E-state index contributed by atoms with van der Waals surface area (Å²) < 4.78 is 0. The third-order valence-corrected chi connectivity index (χ3v) is 4.39. The lowest BCUT2D eigenvalue weighted by Crippen LogP contribution is -2.34. The maximum absolute atomic E-state index is 4.29. The minimum Gasteiger partial charge on any atom is -0.310 e. The van der Waals surface area contributed by atoms with E-state index in [2.05, 4.69) is 36.3 Å². The highest BCUT2D eigenvalue weighted by molar-refractivity contribution is 5.15. The predicted octanol–water partition coefficient (Wildman–Crippen LogP) is 3.95. The van der Waals surface area contributed by atoms with Gasteiger partial charge in [0.05, 0.1) is 0 Å². The Morgan fingerprint density at radius 2 is 2.17 bits per heavy atom. The smallest absolute Gasteiger partial charge is 0.0366 e. The molecule has 1 heterocycles. The summed E-state index contributed by atoms with van der Waals surface area (Å²) in [6.07, 6.45) is 10.8. The normalized spacial score (nSPS) is 25.9. The van der Waals surface area contributed by atoms with E-state index in [1.807, 2.05) is 12.4 Å². The van der Waals surface area contributed by atoms with E-state index in [0.29, 0.717) is 6.04 Å². The molecule has 1 aliphatic carbocycles. The molecule has 1 fully saturated rings. The van der Waals surface area contributed by atoms with Crippen molar-refractivity contribution in [1.29, 1.82) is 0 Å². The molecular formula is C16H26N2.